The molecule has 0 N–H and O–H groups in total. The number of aryl methyl sites for hydroxylation is 1. The SMILES string of the molecule is C.Cn1[cH+]n(-c2[c-]c(Oc3[c-]c4c(cc3)C(C)(C)c3ccccc3N4c3cc(C(C)(C)C)ccn3)cc(C(C)(C)C)c2)c2ccccc21.[Pt]. The molecule has 0 amide bonds. The van der Waals surface area contributed by atoms with Crippen LogP contribution in [0.4, 0.5) is 17.2 Å². The van der Waals surface area contributed by atoms with Crippen LogP contribution in [0.25, 0.3) is 16.7 Å². The van der Waals surface area contributed by atoms with Gasteiger partial charge >= 0.3 is 0 Å². The number of aromatic nitrogens is 3. The van der Waals surface area contributed by atoms with Gasteiger partial charge in [0.15, 0.2) is 17.4 Å². The topological polar surface area (TPSA) is 35.2 Å². The van der Waals surface area contributed by atoms with Gasteiger partial charge in [-0.2, -0.15) is 6.07 Å². The number of rotatable bonds is 4. The van der Waals surface area contributed by atoms with Gasteiger partial charge in [0, 0.05) is 69.3 Å². The maximum absolute atomic E-state index is 6.70. The van der Waals surface area contributed by atoms with E-state index in [1.54, 1.807) is 0 Å². The van der Waals surface area contributed by atoms with Crippen LogP contribution in [0.3, 0.4) is 0 Å². The van der Waals surface area contributed by atoms with Crippen LogP contribution >= 0.6 is 0 Å². The number of benzene rings is 4. The van der Waals surface area contributed by atoms with E-state index in [2.05, 4.69) is 174 Å². The smallest absolute Gasteiger partial charge is 0.188 e. The van der Waals surface area contributed by atoms with Crippen LogP contribution < -0.4 is 9.64 Å². The molecule has 4 aromatic carbocycles. The molecule has 0 aliphatic carbocycles. The number of ether oxygens (including phenoxy) is 1. The number of pyridine rings is 1. The maximum Gasteiger partial charge on any atom is 0.188 e. The molecule has 2 aromatic heterocycles. The van der Waals surface area contributed by atoms with Crippen molar-refractivity contribution in [2.24, 2.45) is 7.05 Å². The van der Waals surface area contributed by atoms with Crippen molar-refractivity contribution >= 4 is 28.2 Å². The third-order valence-corrected chi connectivity index (χ3v) is 9.44. The van der Waals surface area contributed by atoms with E-state index in [1.165, 1.54) is 22.3 Å². The van der Waals surface area contributed by atoms with Gasteiger partial charge in [-0.1, -0.05) is 98.8 Å². The van der Waals surface area contributed by atoms with Gasteiger partial charge in [-0.25, -0.2) is 14.1 Å². The van der Waals surface area contributed by atoms with Gasteiger partial charge in [-0.3, -0.25) is 0 Å². The first-order valence-corrected chi connectivity index (χ1v) is 16.4. The van der Waals surface area contributed by atoms with E-state index in [1.807, 2.05) is 12.3 Å². The third kappa shape index (κ3) is 6.46. The average Bonchev–Trinajstić information content (AvgIpc) is 3.37. The molecule has 0 saturated heterocycles. The summed E-state index contributed by atoms with van der Waals surface area (Å²) in [6.45, 7) is 17.9. The molecular weight excluding hydrogens is 784 g/mol. The van der Waals surface area contributed by atoms with Crippen molar-refractivity contribution in [3.05, 3.63) is 132 Å². The maximum atomic E-state index is 6.70. The number of hydrogen-bond donors (Lipinski definition) is 0. The molecule has 0 unspecified atom stereocenters. The molecule has 0 saturated carbocycles. The van der Waals surface area contributed by atoms with Gasteiger partial charge in [0.1, 0.15) is 5.82 Å². The summed E-state index contributed by atoms with van der Waals surface area (Å²) in [5, 5.41) is 0. The fraction of sp³-hybridized carbons (Fsp3) is 0.302. The summed E-state index contributed by atoms with van der Waals surface area (Å²) in [5.41, 5.74) is 9.71. The van der Waals surface area contributed by atoms with E-state index in [4.69, 9.17) is 9.72 Å². The van der Waals surface area contributed by atoms with Crippen LogP contribution in [-0.4, -0.2) is 14.1 Å². The molecular formula is C43H47N4OPt-. The first kappa shape index (κ1) is 36.1. The molecule has 3 heterocycles. The fourth-order valence-corrected chi connectivity index (χ4v) is 6.63. The van der Waals surface area contributed by atoms with Crippen molar-refractivity contribution in [2.75, 3.05) is 4.90 Å². The number of imidazole rings is 1. The van der Waals surface area contributed by atoms with E-state index in [0.717, 1.165) is 33.9 Å². The number of nitrogens with zero attached hydrogens (tertiary/aromatic N) is 4. The summed E-state index contributed by atoms with van der Waals surface area (Å²) < 4.78 is 11.0. The Morgan fingerprint density at radius 2 is 1.41 bits per heavy atom. The Balaban J connectivity index is 0.00000234. The minimum atomic E-state index is -0.241. The molecule has 0 fully saturated rings. The van der Waals surface area contributed by atoms with E-state index < -0.39 is 0 Å². The second-order valence-corrected chi connectivity index (χ2v) is 15.3. The van der Waals surface area contributed by atoms with Gasteiger partial charge in [0.05, 0.1) is 0 Å². The number of fused-ring (bicyclic) bond motifs is 3. The van der Waals surface area contributed by atoms with E-state index >= 15 is 0 Å². The first-order valence-electron chi connectivity index (χ1n) is 16.4. The van der Waals surface area contributed by atoms with Crippen LogP contribution in [0, 0.1) is 12.1 Å². The summed E-state index contributed by atoms with van der Waals surface area (Å²) in [7, 11) is 2.07. The molecule has 6 aromatic rings. The van der Waals surface area contributed by atoms with E-state index in [0.29, 0.717) is 11.5 Å². The predicted molar refractivity (Wildman–Crippen MR) is 200 cm³/mol. The largest absolute Gasteiger partial charge is 0.508 e. The fourth-order valence-electron chi connectivity index (χ4n) is 6.63. The molecule has 49 heavy (non-hydrogen) atoms. The Morgan fingerprint density at radius 3 is 2.12 bits per heavy atom. The number of para-hydroxylation sites is 3. The standard InChI is InChI=1S/C42H43N4O.CH4.Pt/c1-40(2,3)28-20-21-43-39(24-28)46-35-15-11-10-14-33(35)42(7,8)34-19-18-31(26-38(34)46)47-32-23-29(41(4,5)6)22-30(25-32)45-27-44(9)36-16-12-13-17-37(36)45;;/h10-24,27H,1-9H3;1H4;/q-1;;. The molecule has 5 nitrogen and oxygen atoms in total. The summed E-state index contributed by atoms with van der Waals surface area (Å²) in [6, 6.07) is 37.2. The van der Waals surface area contributed by atoms with Crippen molar-refractivity contribution < 1.29 is 25.8 Å². The second kappa shape index (κ2) is 12.9. The minimum Gasteiger partial charge on any atom is -0.508 e. The molecule has 0 radical (unpaired) electrons. The van der Waals surface area contributed by atoms with Crippen LogP contribution in [0.1, 0.15) is 85.1 Å². The third-order valence-electron chi connectivity index (χ3n) is 9.44. The average molecular weight is 831 g/mol. The van der Waals surface area contributed by atoms with Crippen LogP contribution in [0.15, 0.2) is 97.5 Å². The van der Waals surface area contributed by atoms with E-state index in [9.17, 15) is 0 Å². The quantitative estimate of drug-likeness (QED) is 0.166. The summed E-state index contributed by atoms with van der Waals surface area (Å²) in [4.78, 5) is 7.14. The van der Waals surface area contributed by atoms with Crippen molar-refractivity contribution in [2.45, 2.75) is 79.1 Å². The van der Waals surface area contributed by atoms with Crippen molar-refractivity contribution in [1.29, 1.82) is 0 Å². The molecule has 6 heteroatoms. The van der Waals surface area contributed by atoms with Crippen LogP contribution in [0.2, 0.25) is 0 Å². The summed E-state index contributed by atoms with van der Waals surface area (Å²) >= 11 is 0. The molecule has 7 rings (SSSR count). The van der Waals surface area contributed by atoms with Crippen molar-refractivity contribution in [3.8, 4) is 17.2 Å². The van der Waals surface area contributed by atoms with Gasteiger partial charge < -0.3 is 9.64 Å². The second-order valence-electron chi connectivity index (χ2n) is 15.3. The summed E-state index contributed by atoms with van der Waals surface area (Å²) in [5.74, 6) is 2.15. The molecule has 0 bridgehead atoms. The van der Waals surface area contributed by atoms with Gasteiger partial charge in [0.25, 0.3) is 0 Å². The Hall–Kier alpha value is -4.21. The monoisotopic (exact) mass is 830 g/mol. The van der Waals surface area contributed by atoms with Crippen molar-refractivity contribution in [1.82, 2.24) is 14.1 Å². The van der Waals surface area contributed by atoms with E-state index in [-0.39, 0.29) is 44.7 Å². The zero-order chi connectivity index (χ0) is 33.3. The normalized spacial score (nSPS) is 13.6. The Morgan fingerprint density at radius 1 is 0.735 bits per heavy atom. The minimum absolute atomic E-state index is 0. The summed E-state index contributed by atoms with van der Waals surface area (Å²) in [6.07, 6.45) is 4.02. The number of hydrogen-bond acceptors (Lipinski definition) is 3. The van der Waals surface area contributed by atoms with Crippen LogP contribution in [0.5, 0.6) is 11.5 Å². The number of anilines is 3. The predicted octanol–water partition coefficient (Wildman–Crippen LogP) is 11.4. The van der Waals surface area contributed by atoms with Gasteiger partial charge in [-0.05, 0) is 57.7 Å². The molecule has 1 aliphatic heterocycles. The Labute approximate surface area is 306 Å². The Kier molecular flexibility index (Phi) is 9.51. The Bertz CT molecular complexity index is 2150. The van der Waals surface area contributed by atoms with Crippen LogP contribution in [-0.2, 0) is 44.4 Å². The first-order chi connectivity index (χ1) is 22.2. The van der Waals surface area contributed by atoms with Gasteiger partial charge in [0.2, 0.25) is 0 Å². The zero-order valence-corrected chi connectivity index (χ0v) is 31.5. The van der Waals surface area contributed by atoms with Gasteiger partial charge in [-0.15, -0.1) is 29.3 Å². The van der Waals surface area contributed by atoms with Crippen molar-refractivity contribution in [3.63, 3.8) is 0 Å². The molecule has 0 spiro atoms. The zero-order valence-electron chi connectivity index (χ0n) is 29.3. The molecule has 256 valence electrons. The molecule has 0 atom stereocenters. The molecule has 1 aliphatic rings.